The van der Waals surface area contributed by atoms with Crippen LogP contribution in [-0.4, -0.2) is 16.9 Å². The number of hydrogen-bond donors (Lipinski definition) is 2. The molecule has 134 valence electrons. The number of nitrogens with one attached hydrogen (secondary N) is 2. The van der Waals surface area contributed by atoms with Gasteiger partial charge in [-0.2, -0.15) is 13.2 Å². The van der Waals surface area contributed by atoms with Crippen LogP contribution < -0.4 is 10.6 Å². The maximum absolute atomic E-state index is 12.7. The van der Waals surface area contributed by atoms with Gasteiger partial charge in [-0.25, -0.2) is 0 Å². The molecule has 2 N–H and O–H groups in total. The van der Waals surface area contributed by atoms with Crippen LogP contribution >= 0.6 is 11.3 Å². The summed E-state index contributed by atoms with van der Waals surface area (Å²) >= 11 is 1.46. The monoisotopic (exact) mass is 373 g/mol. The zero-order chi connectivity index (χ0) is 18.6. The highest BCUT2D eigenvalue weighted by Crippen LogP contribution is 2.35. The van der Waals surface area contributed by atoms with Crippen molar-refractivity contribution in [3.63, 3.8) is 0 Å². The molecular formula is C15H14F3N3O3S. The second kappa shape index (κ2) is 7.51. The first-order valence-corrected chi connectivity index (χ1v) is 7.98. The Kier molecular flexibility index (Phi) is 5.62. The molecule has 6 nitrogen and oxygen atoms in total. The Morgan fingerprint density at radius 2 is 2.08 bits per heavy atom. The highest BCUT2D eigenvalue weighted by molar-refractivity contribution is 7.09. The van der Waals surface area contributed by atoms with Crippen LogP contribution in [0.15, 0.2) is 35.7 Å². The fourth-order valence-electron chi connectivity index (χ4n) is 2.02. The minimum atomic E-state index is -4.69. The number of alkyl halides is 3. The Morgan fingerprint density at radius 1 is 1.36 bits per heavy atom. The number of anilines is 1. The van der Waals surface area contributed by atoms with Crippen molar-refractivity contribution in [2.75, 3.05) is 5.32 Å². The molecule has 1 atom stereocenters. The molecule has 0 radical (unpaired) electrons. The molecule has 1 heterocycles. The van der Waals surface area contributed by atoms with Gasteiger partial charge in [0.1, 0.15) is 11.7 Å². The summed E-state index contributed by atoms with van der Waals surface area (Å²) in [4.78, 5) is 23.1. The van der Waals surface area contributed by atoms with Gasteiger partial charge in [-0.05, 0) is 30.5 Å². The molecule has 0 aliphatic heterocycles. The summed E-state index contributed by atoms with van der Waals surface area (Å²) in [7, 11) is 0. The van der Waals surface area contributed by atoms with Crippen molar-refractivity contribution < 1.29 is 22.9 Å². The average molecular weight is 373 g/mol. The second-order valence-electron chi connectivity index (χ2n) is 5.15. The zero-order valence-electron chi connectivity index (χ0n) is 13.0. The summed E-state index contributed by atoms with van der Waals surface area (Å²) < 4.78 is 38.0. The average Bonchev–Trinajstić information content (AvgIpc) is 3.05. The van der Waals surface area contributed by atoms with E-state index in [1.807, 2.05) is 17.5 Å². The van der Waals surface area contributed by atoms with Gasteiger partial charge in [0.25, 0.3) is 5.69 Å². The predicted molar refractivity (Wildman–Crippen MR) is 87.3 cm³/mol. The zero-order valence-corrected chi connectivity index (χ0v) is 13.8. The minimum absolute atomic E-state index is 0.156. The molecule has 1 aromatic carbocycles. The van der Waals surface area contributed by atoms with Crippen molar-refractivity contribution in [3.05, 3.63) is 56.3 Å². The van der Waals surface area contributed by atoms with Crippen LogP contribution in [0.3, 0.4) is 0 Å². The van der Waals surface area contributed by atoms with E-state index in [-0.39, 0.29) is 5.69 Å². The molecule has 10 heteroatoms. The lowest BCUT2D eigenvalue weighted by atomic mass is 10.1. The SMILES string of the molecule is C[C@H](Nc1ccc(C(F)(F)F)cc1[N+](=O)[O-])C(=O)NCc1cccs1. The van der Waals surface area contributed by atoms with Gasteiger partial charge in [-0.15, -0.1) is 11.3 Å². The van der Waals surface area contributed by atoms with Crippen molar-refractivity contribution in [1.82, 2.24) is 5.32 Å². The minimum Gasteiger partial charge on any atom is -0.368 e. The van der Waals surface area contributed by atoms with Gasteiger partial charge in [0.2, 0.25) is 5.91 Å². The van der Waals surface area contributed by atoms with Crippen molar-refractivity contribution >= 4 is 28.6 Å². The normalized spacial score (nSPS) is 12.5. The Hall–Kier alpha value is -2.62. The van der Waals surface area contributed by atoms with E-state index in [2.05, 4.69) is 10.6 Å². The molecule has 0 spiro atoms. The number of amides is 1. The van der Waals surface area contributed by atoms with Crippen LogP contribution in [0.5, 0.6) is 0 Å². The lowest BCUT2D eigenvalue weighted by Gasteiger charge is -2.16. The number of nitro groups is 1. The summed E-state index contributed by atoms with van der Waals surface area (Å²) in [6.07, 6.45) is -4.69. The van der Waals surface area contributed by atoms with E-state index in [1.54, 1.807) is 0 Å². The number of carbonyl (C=O) groups is 1. The summed E-state index contributed by atoms with van der Waals surface area (Å²) in [5.41, 5.74) is -2.02. The fourth-order valence-corrected chi connectivity index (χ4v) is 2.66. The maximum Gasteiger partial charge on any atom is 0.416 e. The number of rotatable bonds is 6. The van der Waals surface area contributed by atoms with Gasteiger partial charge in [0, 0.05) is 10.9 Å². The number of benzene rings is 1. The Balaban J connectivity index is 2.09. The highest BCUT2D eigenvalue weighted by Gasteiger charge is 2.33. The topological polar surface area (TPSA) is 84.3 Å². The number of halogens is 3. The molecule has 2 aromatic rings. The molecule has 0 saturated carbocycles. The number of nitrogens with zero attached hydrogens (tertiary/aromatic N) is 1. The molecule has 0 unspecified atom stereocenters. The smallest absolute Gasteiger partial charge is 0.368 e. The van der Waals surface area contributed by atoms with Gasteiger partial charge in [-0.3, -0.25) is 14.9 Å². The predicted octanol–water partition coefficient (Wildman–Crippen LogP) is 3.79. The number of hydrogen-bond acceptors (Lipinski definition) is 5. The van der Waals surface area contributed by atoms with Crippen LogP contribution in [-0.2, 0) is 17.5 Å². The summed E-state index contributed by atoms with van der Waals surface area (Å²) in [5.74, 6) is -0.428. The molecule has 0 aliphatic carbocycles. The number of carbonyl (C=O) groups excluding carboxylic acids is 1. The lowest BCUT2D eigenvalue weighted by Crippen LogP contribution is -2.37. The van der Waals surface area contributed by atoms with E-state index in [0.29, 0.717) is 12.6 Å². The van der Waals surface area contributed by atoms with Crippen LogP contribution in [0.25, 0.3) is 0 Å². The third-order valence-corrected chi connectivity index (χ3v) is 4.18. The quantitative estimate of drug-likeness (QED) is 0.596. The van der Waals surface area contributed by atoms with Crippen molar-refractivity contribution in [2.45, 2.75) is 25.7 Å². The summed E-state index contributed by atoms with van der Waals surface area (Å²) in [5, 5.41) is 18.1. The molecule has 0 fully saturated rings. The molecule has 0 saturated heterocycles. The number of nitro benzene ring substituents is 1. The third kappa shape index (κ3) is 4.92. The molecule has 25 heavy (non-hydrogen) atoms. The highest BCUT2D eigenvalue weighted by atomic mass is 32.1. The van der Waals surface area contributed by atoms with Gasteiger partial charge in [-0.1, -0.05) is 6.07 Å². The van der Waals surface area contributed by atoms with Crippen molar-refractivity contribution in [2.24, 2.45) is 0 Å². The molecule has 0 aliphatic rings. The van der Waals surface area contributed by atoms with Crippen LogP contribution in [0.4, 0.5) is 24.5 Å². The van der Waals surface area contributed by atoms with Crippen LogP contribution in [0.2, 0.25) is 0 Å². The number of thiophene rings is 1. The van der Waals surface area contributed by atoms with E-state index in [9.17, 15) is 28.1 Å². The van der Waals surface area contributed by atoms with Gasteiger partial charge < -0.3 is 10.6 Å². The molecular weight excluding hydrogens is 359 g/mol. The van der Waals surface area contributed by atoms with Crippen LogP contribution in [0, 0.1) is 10.1 Å². The second-order valence-corrected chi connectivity index (χ2v) is 6.18. The largest absolute Gasteiger partial charge is 0.416 e. The summed E-state index contributed by atoms with van der Waals surface area (Å²) in [6, 6.07) is 4.92. The van der Waals surface area contributed by atoms with Gasteiger partial charge in [0.05, 0.1) is 17.0 Å². The maximum atomic E-state index is 12.7. The van der Waals surface area contributed by atoms with E-state index >= 15 is 0 Å². The standard InChI is InChI=1S/C15H14F3N3O3S/c1-9(14(22)19-8-11-3-2-6-25-11)20-12-5-4-10(15(16,17)18)7-13(12)21(23)24/h2-7,9,20H,8H2,1H3,(H,19,22)/t9-/m0/s1. The first kappa shape index (κ1) is 18.7. The van der Waals surface area contributed by atoms with E-state index < -0.39 is 34.3 Å². The lowest BCUT2D eigenvalue weighted by molar-refractivity contribution is -0.384. The third-order valence-electron chi connectivity index (χ3n) is 3.30. The van der Waals surface area contributed by atoms with Crippen molar-refractivity contribution in [1.29, 1.82) is 0 Å². The van der Waals surface area contributed by atoms with Crippen LogP contribution in [0.1, 0.15) is 17.4 Å². The van der Waals surface area contributed by atoms with E-state index in [4.69, 9.17) is 0 Å². The first-order chi connectivity index (χ1) is 11.7. The fraction of sp³-hybridized carbons (Fsp3) is 0.267. The van der Waals surface area contributed by atoms with Gasteiger partial charge in [0.15, 0.2) is 0 Å². The molecule has 0 bridgehead atoms. The molecule has 1 amide bonds. The first-order valence-electron chi connectivity index (χ1n) is 7.10. The Labute approximate surface area is 144 Å². The molecule has 1 aromatic heterocycles. The van der Waals surface area contributed by atoms with Gasteiger partial charge >= 0.3 is 6.18 Å². The van der Waals surface area contributed by atoms with E-state index in [1.165, 1.54) is 18.3 Å². The van der Waals surface area contributed by atoms with Crippen molar-refractivity contribution in [3.8, 4) is 0 Å². The molecule has 2 rings (SSSR count). The van der Waals surface area contributed by atoms with E-state index in [0.717, 1.165) is 17.0 Å². The summed E-state index contributed by atoms with van der Waals surface area (Å²) in [6.45, 7) is 1.77. The Bertz CT molecular complexity index is 763. The Morgan fingerprint density at radius 3 is 2.64 bits per heavy atom.